The number of hydrogen-bond acceptors (Lipinski definition) is 3. The van der Waals surface area contributed by atoms with Crippen molar-refractivity contribution in [3.63, 3.8) is 0 Å². The highest BCUT2D eigenvalue weighted by Crippen LogP contribution is 2.31. The van der Waals surface area contributed by atoms with E-state index in [1.807, 2.05) is 32.0 Å². The zero-order valence-corrected chi connectivity index (χ0v) is 12.8. The number of Topliss-reactive ketones (excluding diaryl/α,β-unsaturated/α-hetero) is 1. The van der Waals surface area contributed by atoms with Crippen LogP contribution >= 0.6 is 34.5 Å². The van der Waals surface area contributed by atoms with E-state index in [2.05, 4.69) is 0 Å². The minimum atomic E-state index is -0.172. The monoisotopic (exact) mass is 314 g/mol. The maximum atomic E-state index is 12.0. The van der Waals surface area contributed by atoms with Gasteiger partial charge >= 0.3 is 0 Å². The number of ketones is 1. The molecular weight excluding hydrogens is 303 g/mol. The van der Waals surface area contributed by atoms with Gasteiger partial charge in [-0.3, -0.25) is 4.79 Å². The van der Waals surface area contributed by atoms with Crippen molar-refractivity contribution in [2.24, 2.45) is 0 Å². The van der Waals surface area contributed by atoms with Gasteiger partial charge in [-0.25, -0.2) is 0 Å². The Kier molecular flexibility index (Phi) is 4.50. The minimum absolute atomic E-state index is 0.0446. The Balaban J connectivity index is 2.09. The van der Waals surface area contributed by atoms with Gasteiger partial charge in [-0.2, -0.15) is 0 Å². The summed E-state index contributed by atoms with van der Waals surface area (Å²) in [6, 6.07) is 7.32. The average Bonchev–Trinajstić information content (AvgIpc) is 2.70. The SMILES string of the molecule is Cc1cccc(OCC(=O)c2cc(Cl)sc2Cl)c1C. The fraction of sp³-hybridized carbons (Fsp3) is 0.214. The Morgan fingerprint density at radius 2 is 2.05 bits per heavy atom. The zero-order chi connectivity index (χ0) is 14.0. The molecule has 0 saturated heterocycles. The molecule has 0 radical (unpaired) electrons. The van der Waals surface area contributed by atoms with Crippen LogP contribution in [0.25, 0.3) is 0 Å². The molecule has 0 aliphatic heterocycles. The van der Waals surface area contributed by atoms with Crippen LogP contribution in [0.5, 0.6) is 5.75 Å². The van der Waals surface area contributed by atoms with Gasteiger partial charge in [-0.05, 0) is 37.1 Å². The van der Waals surface area contributed by atoms with Crippen molar-refractivity contribution in [3.8, 4) is 5.75 Å². The van der Waals surface area contributed by atoms with Gasteiger partial charge in [0, 0.05) is 0 Å². The molecule has 19 heavy (non-hydrogen) atoms. The third-order valence-corrected chi connectivity index (χ3v) is 4.36. The molecule has 1 aromatic heterocycles. The molecular formula is C14H12Cl2O2S. The summed E-state index contributed by atoms with van der Waals surface area (Å²) in [5, 5.41) is 0. The van der Waals surface area contributed by atoms with E-state index in [4.69, 9.17) is 27.9 Å². The van der Waals surface area contributed by atoms with Crippen molar-refractivity contribution >= 4 is 40.3 Å². The first kappa shape index (κ1) is 14.4. The number of hydrogen-bond donors (Lipinski definition) is 0. The largest absolute Gasteiger partial charge is 0.485 e. The number of aryl methyl sites for hydroxylation is 1. The highest BCUT2D eigenvalue weighted by Gasteiger charge is 2.15. The van der Waals surface area contributed by atoms with Crippen LogP contribution in [-0.4, -0.2) is 12.4 Å². The minimum Gasteiger partial charge on any atom is -0.485 e. The summed E-state index contributed by atoms with van der Waals surface area (Å²) in [6.07, 6.45) is 0. The Hall–Kier alpha value is -1.03. The van der Waals surface area contributed by atoms with Gasteiger partial charge in [0.2, 0.25) is 5.78 Å². The van der Waals surface area contributed by atoms with E-state index in [1.165, 1.54) is 11.3 Å². The standard InChI is InChI=1S/C14H12Cl2O2S/c1-8-4-3-5-12(9(8)2)18-7-11(17)10-6-13(15)19-14(10)16/h3-6H,7H2,1-2H3. The van der Waals surface area contributed by atoms with Gasteiger partial charge in [0.1, 0.15) is 10.1 Å². The molecule has 2 aromatic rings. The normalized spacial score (nSPS) is 10.5. The number of carbonyl (C=O) groups excluding carboxylic acids is 1. The summed E-state index contributed by atoms with van der Waals surface area (Å²) < 4.78 is 6.45. The Morgan fingerprint density at radius 1 is 1.32 bits per heavy atom. The van der Waals surface area contributed by atoms with E-state index < -0.39 is 0 Å². The smallest absolute Gasteiger partial charge is 0.202 e. The first-order valence-corrected chi connectivity index (χ1v) is 7.23. The van der Waals surface area contributed by atoms with Crippen molar-refractivity contribution in [2.45, 2.75) is 13.8 Å². The van der Waals surface area contributed by atoms with E-state index >= 15 is 0 Å². The number of carbonyl (C=O) groups is 1. The average molecular weight is 315 g/mol. The Labute approximate surface area is 125 Å². The second-order valence-electron chi connectivity index (χ2n) is 4.15. The summed E-state index contributed by atoms with van der Waals surface area (Å²) in [5.74, 6) is 0.542. The molecule has 0 aliphatic carbocycles. The lowest BCUT2D eigenvalue weighted by atomic mass is 10.1. The summed E-state index contributed by atoms with van der Waals surface area (Å²) in [7, 11) is 0. The first-order chi connectivity index (χ1) is 8.99. The molecule has 0 amide bonds. The molecule has 0 bridgehead atoms. The first-order valence-electron chi connectivity index (χ1n) is 5.66. The molecule has 2 nitrogen and oxygen atoms in total. The Morgan fingerprint density at radius 3 is 2.68 bits per heavy atom. The van der Waals surface area contributed by atoms with Crippen molar-refractivity contribution in [2.75, 3.05) is 6.61 Å². The molecule has 100 valence electrons. The number of halogens is 2. The lowest BCUT2D eigenvalue weighted by Crippen LogP contribution is -2.11. The highest BCUT2D eigenvalue weighted by atomic mass is 35.5. The van der Waals surface area contributed by atoms with E-state index in [0.29, 0.717) is 20.0 Å². The third-order valence-electron chi connectivity index (χ3n) is 2.87. The molecule has 0 spiro atoms. The van der Waals surface area contributed by atoms with Crippen LogP contribution in [0, 0.1) is 13.8 Å². The summed E-state index contributed by atoms with van der Waals surface area (Å²) in [6.45, 7) is 3.92. The van der Waals surface area contributed by atoms with Crippen LogP contribution < -0.4 is 4.74 Å². The van der Waals surface area contributed by atoms with E-state index in [9.17, 15) is 4.79 Å². The molecule has 0 fully saturated rings. The highest BCUT2D eigenvalue weighted by molar-refractivity contribution is 7.20. The van der Waals surface area contributed by atoms with Gasteiger partial charge in [0.05, 0.1) is 9.90 Å². The predicted molar refractivity (Wildman–Crippen MR) is 80.1 cm³/mol. The van der Waals surface area contributed by atoms with Gasteiger partial charge in [0.25, 0.3) is 0 Å². The molecule has 0 saturated carbocycles. The molecule has 1 aromatic carbocycles. The van der Waals surface area contributed by atoms with Crippen LogP contribution in [0.15, 0.2) is 24.3 Å². The van der Waals surface area contributed by atoms with E-state index in [-0.39, 0.29) is 12.4 Å². The fourth-order valence-electron chi connectivity index (χ4n) is 1.63. The summed E-state index contributed by atoms with van der Waals surface area (Å²) in [4.78, 5) is 12.0. The van der Waals surface area contributed by atoms with Crippen molar-refractivity contribution in [3.05, 3.63) is 49.6 Å². The zero-order valence-electron chi connectivity index (χ0n) is 10.5. The summed E-state index contributed by atoms with van der Waals surface area (Å²) in [5.41, 5.74) is 2.58. The van der Waals surface area contributed by atoms with Crippen LogP contribution in [-0.2, 0) is 0 Å². The molecule has 0 aliphatic rings. The fourth-order valence-corrected chi connectivity index (χ4v) is 3.13. The molecule has 0 unspecified atom stereocenters. The van der Waals surface area contributed by atoms with Crippen molar-refractivity contribution in [1.82, 2.24) is 0 Å². The van der Waals surface area contributed by atoms with Crippen LogP contribution in [0.4, 0.5) is 0 Å². The number of thiophene rings is 1. The Bertz CT molecular complexity index is 620. The third kappa shape index (κ3) is 3.30. The molecule has 1 heterocycles. The lowest BCUT2D eigenvalue weighted by molar-refractivity contribution is 0.0921. The topological polar surface area (TPSA) is 26.3 Å². The number of rotatable bonds is 4. The van der Waals surface area contributed by atoms with Crippen molar-refractivity contribution in [1.29, 1.82) is 0 Å². The van der Waals surface area contributed by atoms with Crippen LogP contribution in [0.2, 0.25) is 8.67 Å². The van der Waals surface area contributed by atoms with Crippen LogP contribution in [0.3, 0.4) is 0 Å². The predicted octanol–water partition coefficient (Wildman–Crippen LogP) is 4.93. The second kappa shape index (κ2) is 5.95. The molecule has 2 rings (SSSR count). The molecule has 0 N–H and O–H groups in total. The van der Waals surface area contributed by atoms with Crippen molar-refractivity contribution < 1.29 is 9.53 Å². The lowest BCUT2D eigenvalue weighted by Gasteiger charge is -2.09. The molecule has 0 atom stereocenters. The van der Waals surface area contributed by atoms with E-state index in [0.717, 1.165) is 11.1 Å². The number of benzene rings is 1. The number of ether oxygens (including phenoxy) is 1. The summed E-state index contributed by atoms with van der Waals surface area (Å²) >= 11 is 12.9. The van der Waals surface area contributed by atoms with Gasteiger partial charge in [-0.15, -0.1) is 11.3 Å². The maximum Gasteiger partial charge on any atom is 0.202 e. The second-order valence-corrected chi connectivity index (χ2v) is 6.43. The van der Waals surface area contributed by atoms with Gasteiger partial charge in [-0.1, -0.05) is 35.3 Å². The quantitative estimate of drug-likeness (QED) is 0.748. The van der Waals surface area contributed by atoms with Gasteiger partial charge < -0.3 is 4.74 Å². The van der Waals surface area contributed by atoms with Crippen LogP contribution in [0.1, 0.15) is 21.5 Å². The molecule has 5 heteroatoms. The van der Waals surface area contributed by atoms with E-state index in [1.54, 1.807) is 6.07 Å². The maximum absolute atomic E-state index is 12.0. The van der Waals surface area contributed by atoms with Gasteiger partial charge in [0.15, 0.2) is 6.61 Å².